The Hall–Kier alpha value is -2.10. The van der Waals surface area contributed by atoms with Gasteiger partial charge in [0.2, 0.25) is 0 Å². The van der Waals surface area contributed by atoms with Crippen LogP contribution >= 0.6 is 14.9 Å². The minimum atomic E-state index is -4.33. The average Bonchev–Trinajstić information content (AvgIpc) is 2.68. The SMILES string of the molecule is CN1C(=O)N(C)P123OP1(N(C)C(=O)N1C)(N(C)C(=O)N2C)N(C)C(=O)N3C. The fourth-order valence-corrected chi connectivity index (χ4v) is 18.9. The van der Waals surface area contributed by atoms with Crippen LogP contribution in [0.2, 0.25) is 0 Å². The number of rotatable bonds is 0. The van der Waals surface area contributed by atoms with E-state index in [2.05, 4.69) is 0 Å². The Labute approximate surface area is 157 Å². The molecule has 0 radical (unpaired) electrons. The van der Waals surface area contributed by atoms with Crippen LogP contribution < -0.4 is 0 Å². The van der Waals surface area contributed by atoms with Crippen molar-refractivity contribution in [3.8, 4) is 0 Å². The van der Waals surface area contributed by atoms with Crippen LogP contribution in [0.5, 0.6) is 0 Å². The van der Waals surface area contributed by atoms with Gasteiger partial charge in [-0.1, -0.05) is 0 Å². The molecular formula is C12H24N8O5P2. The van der Waals surface area contributed by atoms with Gasteiger partial charge in [0.1, 0.15) is 0 Å². The van der Waals surface area contributed by atoms with Crippen molar-refractivity contribution in [2.75, 3.05) is 56.4 Å². The van der Waals surface area contributed by atoms with Crippen molar-refractivity contribution in [3.05, 3.63) is 0 Å². The van der Waals surface area contributed by atoms with Crippen molar-refractivity contribution in [2.24, 2.45) is 0 Å². The van der Waals surface area contributed by atoms with Crippen molar-refractivity contribution in [2.45, 2.75) is 0 Å². The summed E-state index contributed by atoms with van der Waals surface area (Å²) in [7, 11) is 3.44. The molecule has 4 fully saturated rings. The van der Waals surface area contributed by atoms with E-state index in [1.165, 1.54) is 93.7 Å². The second kappa shape index (κ2) is 4.16. The number of carbonyl (C=O) groups is 4. The molecule has 0 aromatic heterocycles. The number of carbonyl (C=O) groups excluding carboxylic acids is 4. The molecular weight excluding hydrogens is 398 g/mol. The van der Waals surface area contributed by atoms with E-state index in [9.17, 15) is 19.2 Å². The monoisotopic (exact) mass is 422 g/mol. The molecule has 0 atom stereocenters. The molecule has 4 saturated heterocycles. The summed E-state index contributed by atoms with van der Waals surface area (Å²) in [6, 6.07) is -1.65. The molecule has 4 rings (SSSR count). The van der Waals surface area contributed by atoms with Crippen LogP contribution in [0.15, 0.2) is 0 Å². The van der Waals surface area contributed by atoms with Gasteiger partial charge in [-0.15, -0.1) is 0 Å². The maximum absolute atomic E-state index is 13.5. The van der Waals surface area contributed by atoms with Gasteiger partial charge in [-0.25, -0.2) is 0 Å². The number of nitrogens with zero attached hydrogens (tertiary/aromatic N) is 8. The molecule has 2 bridgehead atoms. The summed E-state index contributed by atoms with van der Waals surface area (Å²) in [6.45, 7) is 0. The van der Waals surface area contributed by atoms with Gasteiger partial charge in [0.25, 0.3) is 0 Å². The predicted molar refractivity (Wildman–Crippen MR) is 98.6 cm³/mol. The van der Waals surface area contributed by atoms with Crippen LogP contribution in [0, 0.1) is 0 Å². The molecule has 152 valence electrons. The number of amides is 8. The van der Waals surface area contributed by atoms with Gasteiger partial charge in [0.05, 0.1) is 0 Å². The molecule has 4 heterocycles. The van der Waals surface area contributed by atoms with Gasteiger partial charge in [-0.2, -0.15) is 0 Å². The van der Waals surface area contributed by atoms with Gasteiger partial charge in [-0.05, 0) is 0 Å². The zero-order chi connectivity index (χ0) is 20.5. The third-order valence-electron chi connectivity index (χ3n) is 6.71. The summed E-state index contributed by atoms with van der Waals surface area (Å²) in [5.41, 5.74) is 0. The first kappa shape index (κ1) is 18.3. The van der Waals surface area contributed by atoms with E-state index in [4.69, 9.17) is 4.31 Å². The predicted octanol–water partition coefficient (Wildman–Crippen LogP) is 1.25. The van der Waals surface area contributed by atoms with Gasteiger partial charge in [0, 0.05) is 0 Å². The summed E-state index contributed by atoms with van der Waals surface area (Å²) >= 11 is 0. The number of hydrogen-bond donors (Lipinski definition) is 0. The van der Waals surface area contributed by atoms with Crippen molar-refractivity contribution >= 4 is 39.0 Å². The van der Waals surface area contributed by atoms with Gasteiger partial charge in [-0.3, -0.25) is 0 Å². The summed E-state index contributed by atoms with van der Waals surface area (Å²) in [4.78, 5) is 52.1. The van der Waals surface area contributed by atoms with Gasteiger partial charge in [0.15, 0.2) is 0 Å². The molecule has 0 saturated carbocycles. The molecule has 8 amide bonds. The minimum absolute atomic E-state index is 0.380. The Morgan fingerprint density at radius 1 is 0.444 bits per heavy atom. The van der Waals surface area contributed by atoms with E-state index in [1.807, 2.05) is 0 Å². The second-order valence-corrected chi connectivity index (χ2v) is 16.0. The molecule has 0 aliphatic carbocycles. The summed E-state index contributed by atoms with van der Waals surface area (Å²) in [5.74, 6) is 0. The molecule has 27 heavy (non-hydrogen) atoms. The first-order valence-corrected chi connectivity index (χ1v) is 12.1. The van der Waals surface area contributed by atoms with Crippen LogP contribution in [0.1, 0.15) is 0 Å². The van der Waals surface area contributed by atoms with E-state index < -0.39 is 26.9 Å². The Morgan fingerprint density at radius 3 is 0.741 bits per heavy atom. The summed E-state index contributed by atoms with van der Waals surface area (Å²) in [5, 5.41) is 0. The van der Waals surface area contributed by atoms with E-state index in [-0.39, 0.29) is 12.1 Å². The zero-order valence-corrected chi connectivity index (χ0v) is 18.3. The van der Waals surface area contributed by atoms with Crippen molar-refractivity contribution in [1.29, 1.82) is 0 Å². The van der Waals surface area contributed by atoms with Gasteiger partial charge >= 0.3 is 156 Å². The number of hydrogen-bond acceptors (Lipinski definition) is 5. The van der Waals surface area contributed by atoms with Crippen LogP contribution in [0.3, 0.4) is 0 Å². The molecule has 0 N–H and O–H groups in total. The van der Waals surface area contributed by atoms with E-state index >= 15 is 0 Å². The topological polar surface area (TPSA) is 103 Å². The molecule has 0 aromatic carbocycles. The van der Waals surface area contributed by atoms with E-state index in [0.29, 0.717) is 0 Å². The van der Waals surface area contributed by atoms with Crippen LogP contribution in [0.25, 0.3) is 0 Å². The molecule has 4 aliphatic heterocycles. The fourth-order valence-electron chi connectivity index (χ4n) is 5.07. The average molecular weight is 422 g/mol. The first-order chi connectivity index (χ1) is 12.3. The van der Waals surface area contributed by atoms with Crippen molar-refractivity contribution in [3.63, 3.8) is 0 Å². The standard InChI is InChI=1S/C12H24N8O5P2/c1-13-9(21)14(2)27(19(7)12(24)20(27)8)16(4)10(22)15(3)26(13,25-27)17(5)11(23)18(26)6/h1-8H3. The van der Waals surface area contributed by atoms with Gasteiger partial charge < -0.3 is 0 Å². The van der Waals surface area contributed by atoms with Crippen molar-refractivity contribution in [1.82, 2.24) is 37.4 Å². The maximum atomic E-state index is 13.5. The normalized spacial score (nSPS) is 32.9. The second-order valence-electron chi connectivity index (χ2n) is 7.13. The quantitative estimate of drug-likeness (QED) is 0.547. The summed E-state index contributed by atoms with van der Waals surface area (Å²) < 4.78 is 17.6. The Kier molecular flexibility index (Phi) is 2.81. The Balaban J connectivity index is 2.15. The Bertz CT molecular complexity index is 743. The molecule has 0 unspecified atom stereocenters. The third kappa shape index (κ3) is 1.10. The molecule has 15 heteroatoms. The first-order valence-electron chi connectivity index (χ1n) is 8.15. The van der Waals surface area contributed by atoms with Crippen LogP contribution in [0.4, 0.5) is 19.2 Å². The zero-order valence-electron chi connectivity index (χ0n) is 16.5. The van der Waals surface area contributed by atoms with Crippen LogP contribution in [-0.2, 0) is 4.31 Å². The molecule has 4 aliphatic rings. The Morgan fingerprint density at radius 2 is 0.593 bits per heavy atom. The fraction of sp³-hybridized carbons (Fsp3) is 0.667. The van der Waals surface area contributed by atoms with E-state index in [0.717, 1.165) is 0 Å². The molecule has 13 nitrogen and oxygen atoms in total. The third-order valence-corrected chi connectivity index (χ3v) is 18.8. The van der Waals surface area contributed by atoms with Crippen molar-refractivity contribution < 1.29 is 23.5 Å². The van der Waals surface area contributed by atoms with Crippen LogP contribution in [-0.4, -0.2) is 118 Å². The number of urea groups is 4. The van der Waals surface area contributed by atoms with E-state index in [1.54, 1.807) is 0 Å². The molecule has 2 spiro atoms. The summed E-state index contributed by atoms with van der Waals surface area (Å²) in [6.07, 6.45) is 0. The molecule has 0 aromatic rings.